The van der Waals surface area contributed by atoms with Gasteiger partial charge >= 0.3 is 5.97 Å². The van der Waals surface area contributed by atoms with Crippen molar-refractivity contribution in [3.8, 4) is 6.07 Å². The maximum atomic E-state index is 11.2. The van der Waals surface area contributed by atoms with E-state index in [1.165, 1.54) is 0 Å². The summed E-state index contributed by atoms with van der Waals surface area (Å²) >= 11 is 12.2. The highest BCUT2D eigenvalue weighted by molar-refractivity contribution is 6.37. The molecule has 0 radical (unpaired) electrons. The first kappa shape index (κ1) is 14.9. The summed E-state index contributed by atoms with van der Waals surface area (Å²) in [6.07, 6.45) is 1.67. The van der Waals surface area contributed by atoms with Gasteiger partial charge in [0.05, 0.1) is 27.6 Å². The summed E-state index contributed by atoms with van der Waals surface area (Å²) in [5.41, 5.74) is 0.425. The van der Waals surface area contributed by atoms with Crippen LogP contribution in [0.2, 0.25) is 10.0 Å². The normalized spacial score (nSPS) is 24.1. The number of hydrogen-bond donors (Lipinski definition) is 1. The monoisotopic (exact) mass is 309 g/mol. The Labute approximate surface area is 127 Å². The molecule has 2 unspecified atom stereocenters. The smallest absolute Gasteiger partial charge is 0.307 e. The molecule has 1 aliphatic rings. The minimum absolute atomic E-state index is 0.193. The molecule has 2 rings (SSSR count). The zero-order valence-electron chi connectivity index (χ0n) is 11.0. The molecule has 104 valence electrons. The van der Waals surface area contributed by atoms with Crippen molar-refractivity contribution in [1.29, 1.82) is 5.26 Å². The van der Waals surface area contributed by atoms with Gasteiger partial charge in [-0.2, -0.15) is 5.26 Å². The summed E-state index contributed by atoms with van der Waals surface area (Å²) in [7, 11) is 0. The molecule has 0 spiro atoms. The van der Waals surface area contributed by atoms with Crippen LogP contribution in [0.4, 0.5) is 0 Å². The summed E-state index contributed by atoms with van der Waals surface area (Å²) in [5.74, 6) is -1.52. The summed E-state index contributed by atoms with van der Waals surface area (Å²) in [4.78, 5) is 11.2. The Balaban J connectivity index is 2.43. The Morgan fingerprint density at radius 2 is 1.95 bits per heavy atom. The number of benzene rings is 1. The van der Waals surface area contributed by atoms with E-state index < -0.39 is 11.9 Å². The fourth-order valence-corrected chi connectivity index (χ4v) is 3.17. The molecule has 1 aliphatic carbocycles. The van der Waals surface area contributed by atoms with Crippen molar-refractivity contribution in [3.05, 3.63) is 39.9 Å². The standard InChI is InChI=1S/C15H13Cl2NO2/c1-15(2)9(13(15)14(19)20)6-8(7-18)12-10(16)4-3-5-11(12)17/h3-6,9,13H,1-2H3,(H,19,20)/b8-6+. The van der Waals surface area contributed by atoms with E-state index in [2.05, 4.69) is 6.07 Å². The second-order valence-electron chi connectivity index (χ2n) is 5.45. The number of aliphatic carboxylic acids is 1. The molecule has 2 atom stereocenters. The molecule has 3 nitrogen and oxygen atoms in total. The lowest BCUT2D eigenvalue weighted by Crippen LogP contribution is -2.03. The average Bonchev–Trinajstić information content (AvgIpc) is 2.89. The fourth-order valence-electron chi connectivity index (χ4n) is 2.57. The van der Waals surface area contributed by atoms with Gasteiger partial charge in [-0.25, -0.2) is 0 Å². The molecule has 0 bridgehead atoms. The summed E-state index contributed by atoms with van der Waals surface area (Å²) in [5, 5.41) is 19.2. The van der Waals surface area contributed by atoms with Crippen molar-refractivity contribution >= 4 is 34.7 Å². The highest BCUT2D eigenvalue weighted by Gasteiger charge is 2.61. The van der Waals surface area contributed by atoms with Gasteiger partial charge in [-0.15, -0.1) is 0 Å². The molecule has 0 heterocycles. The molecule has 0 saturated heterocycles. The van der Waals surface area contributed by atoms with Gasteiger partial charge in [0.25, 0.3) is 0 Å². The van der Waals surface area contributed by atoms with Gasteiger partial charge in [0.2, 0.25) is 0 Å². The zero-order valence-corrected chi connectivity index (χ0v) is 12.5. The lowest BCUT2D eigenvalue weighted by molar-refractivity contribution is -0.139. The minimum atomic E-state index is -0.848. The number of nitriles is 1. The quantitative estimate of drug-likeness (QED) is 0.849. The maximum absolute atomic E-state index is 11.2. The summed E-state index contributed by atoms with van der Waals surface area (Å²) < 4.78 is 0. The SMILES string of the molecule is CC1(C)C(/C=C(\C#N)c2c(Cl)cccc2Cl)C1C(=O)O. The number of nitrogens with zero attached hydrogens (tertiary/aromatic N) is 1. The number of allylic oxidation sites excluding steroid dienone is 2. The molecular formula is C15H13Cl2NO2. The largest absolute Gasteiger partial charge is 0.481 e. The van der Waals surface area contributed by atoms with Crippen LogP contribution < -0.4 is 0 Å². The number of carbonyl (C=O) groups is 1. The second-order valence-corrected chi connectivity index (χ2v) is 6.27. The number of halogens is 2. The third-order valence-corrected chi connectivity index (χ3v) is 4.51. The van der Waals surface area contributed by atoms with Crippen LogP contribution in [0, 0.1) is 28.6 Å². The molecule has 1 N–H and O–H groups in total. The number of carboxylic acid groups (broad SMARTS) is 1. The van der Waals surface area contributed by atoms with Crippen LogP contribution in [-0.4, -0.2) is 11.1 Å². The molecule has 0 aromatic heterocycles. The first-order valence-corrected chi connectivity index (χ1v) is 6.85. The molecule has 1 aromatic rings. The Bertz CT molecular complexity index is 624. The lowest BCUT2D eigenvalue weighted by atomic mass is 10.0. The van der Waals surface area contributed by atoms with Crippen molar-refractivity contribution in [2.24, 2.45) is 17.3 Å². The van der Waals surface area contributed by atoms with Gasteiger partial charge in [-0.1, -0.05) is 49.2 Å². The van der Waals surface area contributed by atoms with E-state index in [0.717, 1.165) is 0 Å². The molecule has 1 saturated carbocycles. The van der Waals surface area contributed by atoms with Crippen LogP contribution in [-0.2, 0) is 4.79 Å². The van der Waals surface area contributed by atoms with Gasteiger partial charge < -0.3 is 5.11 Å². The molecule has 20 heavy (non-hydrogen) atoms. The lowest BCUT2D eigenvalue weighted by Gasteiger charge is -2.05. The number of hydrogen-bond acceptors (Lipinski definition) is 2. The summed E-state index contributed by atoms with van der Waals surface area (Å²) in [6, 6.07) is 7.07. The van der Waals surface area contributed by atoms with E-state index in [4.69, 9.17) is 28.3 Å². The van der Waals surface area contributed by atoms with Crippen LogP contribution in [0.1, 0.15) is 19.4 Å². The Kier molecular flexibility index (Phi) is 3.82. The zero-order chi connectivity index (χ0) is 15.1. The van der Waals surface area contributed by atoms with Crippen molar-refractivity contribution in [2.45, 2.75) is 13.8 Å². The summed E-state index contributed by atoms with van der Waals surface area (Å²) in [6.45, 7) is 3.74. The van der Waals surface area contributed by atoms with E-state index in [1.54, 1.807) is 24.3 Å². The highest BCUT2D eigenvalue weighted by Crippen LogP contribution is 2.59. The van der Waals surface area contributed by atoms with Gasteiger partial charge in [0, 0.05) is 5.56 Å². The average molecular weight is 310 g/mol. The van der Waals surface area contributed by atoms with Crippen LogP contribution in [0.5, 0.6) is 0 Å². The Morgan fingerprint density at radius 1 is 1.40 bits per heavy atom. The molecule has 0 amide bonds. The van der Waals surface area contributed by atoms with E-state index in [1.807, 2.05) is 13.8 Å². The van der Waals surface area contributed by atoms with Gasteiger partial charge in [0.15, 0.2) is 0 Å². The first-order valence-electron chi connectivity index (χ1n) is 6.09. The third kappa shape index (κ3) is 2.42. The van der Waals surface area contributed by atoms with E-state index >= 15 is 0 Å². The van der Waals surface area contributed by atoms with E-state index in [0.29, 0.717) is 21.2 Å². The Morgan fingerprint density at radius 3 is 2.35 bits per heavy atom. The molecule has 1 aromatic carbocycles. The van der Waals surface area contributed by atoms with Crippen molar-refractivity contribution in [1.82, 2.24) is 0 Å². The topological polar surface area (TPSA) is 61.1 Å². The van der Waals surface area contributed by atoms with E-state index in [-0.39, 0.29) is 11.3 Å². The van der Waals surface area contributed by atoms with E-state index in [9.17, 15) is 10.1 Å². The predicted octanol–water partition coefficient (Wildman–Crippen LogP) is 4.26. The van der Waals surface area contributed by atoms with Gasteiger partial charge in [-0.05, 0) is 23.5 Å². The molecule has 1 fully saturated rings. The number of rotatable bonds is 3. The van der Waals surface area contributed by atoms with Crippen LogP contribution in [0.25, 0.3) is 5.57 Å². The molecular weight excluding hydrogens is 297 g/mol. The maximum Gasteiger partial charge on any atom is 0.307 e. The van der Waals surface area contributed by atoms with Crippen LogP contribution in [0.3, 0.4) is 0 Å². The molecule has 0 aliphatic heterocycles. The van der Waals surface area contributed by atoms with Gasteiger partial charge in [0.1, 0.15) is 0 Å². The predicted molar refractivity (Wildman–Crippen MR) is 78.4 cm³/mol. The van der Waals surface area contributed by atoms with Crippen molar-refractivity contribution in [3.63, 3.8) is 0 Å². The Hall–Kier alpha value is -1.50. The first-order chi connectivity index (χ1) is 9.30. The third-order valence-electron chi connectivity index (χ3n) is 3.88. The van der Waals surface area contributed by atoms with Crippen LogP contribution >= 0.6 is 23.2 Å². The van der Waals surface area contributed by atoms with Crippen molar-refractivity contribution in [2.75, 3.05) is 0 Å². The van der Waals surface area contributed by atoms with Crippen LogP contribution in [0.15, 0.2) is 24.3 Å². The number of carboxylic acids is 1. The van der Waals surface area contributed by atoms with Crippen molar-refractivity contribution < 1.29 is 9.90 Å². The minimum Gasteiger partial charge on any atom is -0.481 e. The fraction of sp³-hybridized carbons (Fsp3) is 0.333. The van der Waals surface area contributed by atoms with Gasteiger partial charge in [-0.3, -0.25) is 4.79 Å². The second kappa shape index (κ2) is 5.12. The molecule has 5 heteroatoms. The highest BCUT2D eigenvalue weighted by atomic mass is 35.5.